The monoisotopic (exact) mass is 398 g/mol. The highest BCUT2D eigenvalue weighted by Crippen LogP contribution is 2.26. The largest absolute Gasteiger partial charge is 0.497 e. The molecule has 0 radical (unpaired) electrons. The number of ether oxygens (including phenoxy) is 1. The van der Waals surface area contributed by atoms with Gasteiger partial charge in [0.05, 0.1) is 13.0 Å². The first-order valence-electron chi connectivity index (χ1n) is 10.8. The van der Waals surface area contributed by atoms with E-state index in [1.807, 2.05) is 29.2 Å². The maximum absolute atomic E-state index is 12.8. The molecule has 2 aromatic rings. The van der Waals surface area contributed by atoms with Crippen LogP contribution in [0.5, 0.6) is 5.75 Å². The molecule has 156 valence electrons. The summed E-state index contributed by atoms with van der Waals surface area (Å²) in [4.78, 5) is 19.4. The number of carbonyl (C=O) groups excluding carboxylic acids is 1. The van der Waals surface area contributed by atoms with Crippen LogP contribution < -0.4 is 15.0 Å². The number of benzene rings is 1. The lowest BCUT2D eigenvalue weighted by Gasteiger charge is -2.31. The molecule has 7 nitrogen and oxygen atoms in total. The summed E-state index contributed by atoms with van der Waals surface area (Å²) in [6.45, 7) is 1.46. The quantitative estimate of drug-likeness (QED) is 0.772. The molecule has 1 saturated carbocycles. The molecule has 7 heteroatoms. The smallest absolute Gasteiger partial charge is 0.324 e. The second-order valence-electron chi connectivity index (χ2n) is 8.11. The molecule has 29 heavy (non-hydrogen) atoms. The minimum Gasteiger partial charge on any atom is -0.497 e. The van der Waals surface area contributed by atoms with Crippen LogP contribution >= 0.6 is 0 Å². The molecule has 1 amide bonds. The lowest BCUT2D eigenvalue weighted by Crippen LogP contribution is -2.46. The third-order valence-corrected chi connectivity index (χ3v) is 6.03. The van der Waals surface area contributed by atoms with Gasteiger partial charge in [-0.15, -0.1) is 0 Å². The molecule has 2 fully saturated rings. The molecule has 1 aromatic carbocycles. The Morgan fingerprint density at radius 3 is 2.59 bits per heavy atom. The average molecular weight is 399 g/mol. The van der Waals surface area contributed by atoms with Gasteiger partial charge in [0.15, 0.2) is 0 Å². The van der Waals surface area contributed by atoms with Gasteiger partial charge in [-0.3, -0.25) is 4.79 Å². The first-order chi connectivity index (χ1) is 14.2. The van der Waals surface area contributed by atoms with Gasteiger partial charge in [-0.25, -0.2) is 0 Å². The van der Waals surface area contributed by atoms with Crippen LogP contribution in [0.15, 0.2) is 28.8 Å². The Labute approximate surface area is 171 Å². The summed E-state index contributed by atoms with van der Waals surface area (Å²) in [7, 11) is 1.64. The van der Waals surface area contributed by atoms with Crippen molar-refractivity contribution in [2.24, 2.45) is 5.92 Å². The maximum Gasteiger partial charge on any atom is 0.324 e. The maximum atomic E-state index is 12.8. The zero-order valence-corrected chi connectivity index (χ0v) is 17.1. The summed E-state index contributed by atoms with van der Waals surface area (Å²) >= 11 is 0. The highest BCUT2D eigenvalue weighted by atomic mass is 16.5. The SMILES string of the molecule is COc1ccc(-c2noc(N3CCCC(C(=O)NC4CCCCCC4)C3)n2)cc1. The number of anilines is 1. The van der Waals surface area contributed by atoms with Crippen molar-refractivity contribution < 1.29 is 14.1 Å². The fraction of sp³-hybridized carbons (Fsp3) is 0.591. The molecule has 1 N–H and O–H groups in total. The van der Waals surface area contributed by atoms with Crippen molar-refractivity contribution >= 4 is 11.9 Å². The number of amides is 1. The molecule has 2 aliphatic rings. The van der Waals surface area contributed by atoms with Crippen LogP contribution in [-0.2, 0) is 4.79 Å². The summed E-state index contributed by atoms with van der Waals surface area (Å²) in [5.74, 6) is 1.49. The number of piperidine rings is 1. The Morgan fingerprint density at radius 1 is 1.10 bits per heavy atom. The fourth-order valence-corrected chi connectivity index (χ4v) is 4.31. The highest BCUT2D eigenvalue weighted by molar-refractivity contribution is 5.79. The lowest BCUT2D eigenvalue weighted by molar-refractivity contribution is -0.126. The van der Waals surface area contributed by atoms with Gasteiger partial charge in [-0.1, -0.05) is 30.8 Å². The second-order valence-corrected chi connectivity index (χ2v) is 8.11. The number of nitrogens with one attached hydrogen (secondary N) is 1. The van der Waals surface area contributed by atoms with Crippen molar-refractivity contribution in [3.8, 4) is 17.1 Å². The predicted octanol–water partition coefficient (Wildman–Crippen LogP) is 3.80. The molecule has 0 spiro atoms. The Bertz CT molecular complexity index is 797. The fourth-order valence-electron chi connectivity index (χ4n) is 4.31. The summed E-state index contributed by atoms with van der Waals surface area (Å²) in [5.41, 5.74) is 0.875. The van der Waals surface area contributed by atoms with Gasteiger partial charge < -0.3 is 19.5 Å². The minimum atomic E-state index is -0.0247. The number of nitrogens with zero attached hydrogens (tertiary/aromatic N) is 3. The van der Waals surface area contributed by atoms with Crippen molar-refractivity contribution in [3.05, 3.63) is 24.3 Å². The van der Waals surface area contributed by atoms with E-state index < -0.39 is 0 Å². The molecule has 0 bridgehead atoms. The predicted molar refractivity (Wildman–Crippen MR) is 111 cm³/mol. The Kier molecular flexibility index (Phi) is 6.32. The van der Waals surface area contributed by atoms with E-state index in [4.69, 9.17) is 9.26 Å². The molecule has 1 aromatic heterocycles. The Morgan fingerprint density at radius 2 is 1.86 bits per heavy atom. The summed E-state index contributed by atoms with van der Waals surface area (Å²) in [5, 5.41) is 7.42. The number of methoxy groups -OCH3 is 1. The Balaban J connectivity index is 1.37. The van der Waals surface area contributed by atoms with Gasteiger partial charge >= 0.3 is 6.01 Å². The summed E-state index contributed by atoms with van der Waals surface area (Å²) in [6, 6.07) is 8.40. The van der Waals surface area contributed by atoms with Crippen LogP contribution in [0.4, 0.5) is 6.01 Å². The summed E-state index contributed by atoms with van der Waals surface area (Å²) < 4.78 is 10.7. The normalized spacial score (nSPS) is 20.9. The average Bonchev–Trinajstić information content (AvgIpc) is 3.12. The van der Waals surface area contributed by atoms with Crippen LogP contribution in [0.3, 0.4) is 0 Å². The van der Waals surface area contributed by atoms with Gasteiger partial charge in [0, 0.05) is 24.7 Å². The third-order valence-electron chi connectivity index (χ3n) is 6.03. The number of carbonyl (C=O) groups is 1. The van der Waals surface area contributed by atoms with E-state index in [-0.39, 0.29) is 11.8 Å². The van der Waals surface area contributed by atoms with E-state index in [1.165, 1.54) is 25.7 Å². The molecule has 2 heterocycles. The van der Waals surface area contributed by atoms with Crippen LogP contribution in [-0.4, -0.2) is 42.3 Å². The van der Waals surface area contributed by atoms with Gasteiger partial charge in [-0.05, 0) is 49.9 Å². The first kappa shape index (κ1) is 19.7. The van der Waals surface area contributed by atoms with Gasteiger partial charge in [0.25, 0.3) is 0 Å². The van der Waals surface area contributed by atoms with Crippen molar-refractivity contribution in [1.82, 2.24) is 15.5 Å². The lowest BCUT2D eigenvalue weighted by atomic mass is 9.96. The zero-order chi connectivity index (χ0) is 20.1. The first-order valence-corrected chi connectivity index (χ1v) is 10.8. The highest BCUT2D eigenvalue weighted by Gasteiger charge is 2.30. The van der Waals surface area contributed by atoms with Crippen molar-refractivity contribution in [3.63, 3.8) is 0 Å². The topological polar surface area (TPSA) is 80.5 Å². The number of aromatic nitrogens is 2. The van der Waals surface area contributed by atoms with E-state index >= 15 is 0 Å². The van der Waals surface area contributed by atoms with Crippen LogP contribution in [0.1, 0.15) is 51.4 Å². The van der Waals surface area contributed by atoms with Crippen LogP contribution in [0, 0.1) is 5.92 Å². The van der Waals surface area contributed by atoms with E-state index in [2.05, 4.69) is 15.5 Å². The number of rotatable bonds is 5. The molecule has 1 saturated heterocycles. The second kappa shape index (κ2) is 9.29. The molecular weight excluding hydrogens is 368 g/mol. The molecule has 1 atom stereocenters. The van der Waals surface area contributed by atoms with E-state index in [0.29, 0.717) is 24.4 Å². The molecule has 1 unspecified atom stereocenters. The summed E-state index contributed by atoms with van der Waals surface area (Å²) in [6.07, 6.45) is 9.09. The minimum absolute atomic E-state index is 0.0247. The van der Waals surface area contributed by atoms with Crippen LogP contribution in [0.25, 0.3) is 11.4 Å². The van der Waals surface area contributed by atoms with E-state index in [1.54, 1.807) is 7.11 Å². The van der Waals surface area contributed by atoms with Crippen molar-refractivity contribution in [2.45, 2.75) is 57.4 Å². The Hall–Kier alpha value is -2.57. The van der Waals surface area contributed by atoms with E-state index in [9.17, 15) is 4.79 Å². The number of hydrogen-bond acceptors (Lipinski definition) is 6. The van der Waals surface area contributed by atoms with E-state index in [0.717, 1.165) is 43.5 Å². The molecule has 1 aliphatic heterocycles. The third kappa shape index (κ3) is 4.89. The van der Waals surface area contributed by atoms with Gasteiger partial charge in [0.1, 0.15) is 5.75 Å². The zero-order valence-electron chi connectivity index (χ0n) is 17.1. The van der Waals surface area contributed by atoms with Crippen molar-refractivity contribution in [2.75, 3.05) is 25.1 Å². The van der Waals surface area contributed by atoms with Crippen LogP contribution in [0.2, 0.25) is 0 Å². The molecule has 1 aliphatic carbocycles. The molecule has 4 rings (SSSR count). The number of hydrogen-bond donors (Lipinski definition) is 1. The van der Waals surface area contributed by atoms with Gasteiger partial charge in [0.2, 0.25) is 11.7 Å². The molecular formula is C22H30N4O3. The van der Waals surface area contributed by atoms with Gasteiger partial charge in [-0.2, -0.15) is 4.98 Å². The standard InChI is InChI=1S/C22H30N4O3/c1-28-19-12-10-16(11-13-19)20-24-22(29-25-20)26-14-6-7-17(15-26)21(27)23-18-8-4-2-3-5-9-18/h10-13,17-18H,2-9,14-15H2,1H3,(H,23,27). The van der Waals surface area contributed by atoms with Crippen molar-refractivity contribution in [1.29, 1.82) is 0 Å².